The number of ether oxygens (including phenoxy) is 2. The molecule has 1 unspecified atom stereocenters. The van der Waals surface area contributed by atoms with Gasteiger partial charge in [0.15, 0.2) is 11.4 Å². The summed E-state index contributed by atoms with van der Waals surface area (Å²) in [5.41, 5.74) is 1.01. The Kier molecular flexibility index (Phi) is 5.80. The summed E-state index contributed by atoms with van der Waals surface area (Å²) in [6, 6.07) is 11.1. The molecule has 1 aromatic heterocycles. The van der Waals surface area contributed by atoms with Crippen molar-refractivity contribution >= 4 is 17.5 Å². The fraction of sp³-hybridized carbons (Fsp3) is 0.458. The minimum atomic E-state index is -0.845. The number of carbonyl (C=O) groups is 2. The van der Waals surface area contributed by atoms with E-state index in [9.17, 15) is 9.59 Å². The third-order valence-corrected chi connectivity index (χ3v) is 6.61. The van der Waals surface area contributed by atoms with Crippen molar-refractivity contribution in [2.75, 3.05) is 44.7 Å². The average molecular weight is 437 g/mol. The number of Topliss-reactive ketones (excluding diaryl/α,β-unsaturated/α-hetero) is 1. The van der Waals surface area contributed by atoms with Gasteiger partial charge in [0.2, 0.25) is 0 Å². The Hall–Kier alpha value is -2.97. The van der Waals surface area contributed by atoms with E-state index >= 15 is 0 Å². The number of nitrogens with zero attached hydrogens (tertiary/aromatic N) is 2. The molecule has 2 aromatic rings. The highest BCUT2D eigenvalue weighted by Crippen LogP contribution is 2.31. The van der Waals surface area contributed by atoms with Gasteiger partial charge in [-0.25, -0.2) is 4.79 Å². The maximum absolute atomic E-state index is 13.1. The fourth-order valence-corrected chi connectivity index (χ4v) is 4.64. The Balaban J connectivity index is 1.17. The molecule has 32 heavy (non-hydrogen) atoms. The topological polar surface area (TPSA) is 92.8 Å². The maximum atomic E-state index is 13.1. The van der Waals surface area contributed by atoms with Gasteiger partial charge in [0, 0.05) is 62.6 Å². The highest BCUT2D eigenvalue weighted by molar-refractivity contribution is 5.91. The predicted molar refractivity (Wildman–Crippen MR) is 119 cm³/mol. The van der Waals surface area contributed by atoms with Gasteiger partial charge in [0.1, 0.15) is 5.75 Å². The molecule has 8 nitrogen and oxygen atoms in total. The normalized spacial score (nSPS) is 25.4. The molecule has 8 heteroatoms. The smallest absolute Gasteiger partial charge is 0.321 e. The monoisotopic (exact) mass is 436 g/mol. The molecule has 2 amide bonds. The number of rotatable bonds is 6. The molecular weight excluding hydrogens is 408 g/mol. The van der Waals surface area contributed by atoms with Crippen LogP contribution in [0.3, 0.4) is 0 Å². The molecule has 0 bridgehead atoms. The Labute approximate surface area is 187 Å². The van der Waals surface area contributed by atoms with E-state index in [2.05, 4.69) is 15.6 Å². The number of urea groups is 1. The summed E-state index contributed by atoms with van der Waals surface area (Å²) in [5, 5.41) is 6.20. The summed E-state index contributed by atoms with van der Waals surface area (Å²) in [6.07, 6.45) is 5.01. The number of hydrogen-bond acceptors (Lipinski definition) is 6. The van der Waals surface area contributed by atoms with Crippen molar-refractivity contribution in [3.63, 3.8) is 0 Å². The molecule has 0 spiro atoms. The minimum Gasteiger partial charge on any atom is -0.478 e. The SMILES string of the molecule is O=C(Nc1ccc(O[C@]2(C(=O)C3CCOC3)CCNC2)cc1)N1CC(c2cccnc2)C1. The molecule has 4 heterocycles. The number of aromatic nitrogens is 1. The second-order valence-corrected chi connectivity index (χ2v) is 8.79. The van der Waals surface area contributed by atoms with Gasteiger partial charge in [-0.3, -0.25) is 9.78 Å². The molecule has 2 atom stereocenters. The van der Waals surface area contributed by atoms with Gasteiger partial charge in [0.05, 0.1) is 6.61 Å². The summed E-state index contributed by atoms with van der Waals surface area (Å²) >= 11 is 0. The van der Waals surface area contributed by atoms with E-state index < -0.39 is 5.60 Å². The minimum absolute atomic E-state index is 0.0968. The number of hydrogen-bond donors (Lipinski definition) is 2. The second-order valence-electron chi connectivity index (χ2n) is 8.79. The number of pyridine rings is 1. The lowest BCUT2D eigenvalue weighted by molar-refractivity contribution is -0.137. The van der Waals surface area contributed by atoms with Gasteiger partial charge in [-0.15, -0.1) is 0 Å². The molecule has 0 radical (unpaired) electrons. The van der Waals surface area contributed by atoms with Crippen molar-refractivity contribution in [2.45, 2.75) is 24.4 Å². The summed E-state index contributed by atoms with van der Waals surface area (Å²) in [4.78, 5) is 31.6. The highest BCUT2D eigenvalue weighted by atomic mass is 16.5. The zero-order valence-corrected chi connectivity index (χ0v) is 18.0. The van der Waals surface area contributed by atoms with Crippen LogP contribution < -0.4 is 15.4 Å². The third-order valence-electron chi connectivity index (χ3n) is 6.61. The van der Waals surface area contributed by atoms with Crippen molar-refractivity contribution < 1.29 is 19.1 Å². The molecule has 3 saturated heterocycles. The lowest BCUT2D eigenvalue weighted by Gasteiger charge is -2.39. The summed E-state index contributed by atoms with van der Waals surface area (Å²) in [5.74, 6) is 0.989. The van der Waals surface area contributed by atoms with Gasteiger partial charge in [0.25, 0.3) is 0 Å². The Morgan fingerprint density at radius 3 is 2.72 bits per heavy atom. The van der Waals surface area contributed by atoms with Crippen LogP contribution in [0.2, 0.25) is 0 Å². The lowest BCUT2D eigenvalue weighted by atomic mass is 9.87. The summed E-state index contributed by atoms with van der Waals surface area (Å²) in [6.45, 7) is 3.74. The number of carbonyl (C=O) groups excluding carboxylic acids is 2. The van der Waals surface area contributed by atoms with Crippen molar-refractivity contribution in [3.05, 3.63) is 54.4 Å². The average Bonchev–Trinajstić information content (AvgIpc) is 3.47. The number of amides is 2. The van der Waals surface area contributed by atoms with Crippen molar-refractivity contribution in [3.8, 4) is 5.75 Å². The van der Waals surface area contributed by atoms with E-state index in [0.29, 0.717) is 56.6 Å². The van der Waals surface area contributed by atoms with Crippen LogP contribution in [0.4, 0.5) is 10.5 Å². The van der Waals surface area contributed by atoms with Crippen molar-refractivity contribution in [2.24, 2.45) is 5.92 Å². The van der Waals surface area contributed by atoms with Crippen molar-refractivity contribution in [1.29, 1.82) is 0 Å². The van der Waals surface area contributed by atoms with E-state index in [0.717, 1.165) is 18.5 Å². The molecule has 5 rings (SSSR count). The number of anilines is 1. The van der Waals surface area contributed by atoms with Crippen LogP contribution >= 0.6 is 0 Å². The van der Waals surface area contributed by atoms with Crippen molar-refractivity contribution in [1.82, 2.24) is 15.2 Å². The molecular formula is C24H28N4O4. The molecule has 0 aliphatic carbocycles. The predicted octanol–water partition coefficient (Wildman–Crippen LogP) is 2.43. The second kappa shape index (κ2) is 8.88. The van der Waals surface area contributed by atoms with Crippen LogP contribution in [0, 0.1) is 5.92 Å². The number of likely N-dealkylation sites (tertiary alicyclic amines) is 1. The maximum Gasteiger partial charge on any atom is 0.321 e. The molecule has 3 aliphatic heterocycles. The van der Waals surface area contributed by atoms with Crippen LogP contribution in [0.25, 0.3) is 0 Å². The van der Waals surface area contributed by atoms with E-state index in [1.807, 2.05) is 42.6 Å². The van der Waals surface area contributed by atoms with Gasteiger partial charge in [-0.1, -0.05) is 6.07 Å². The number of benzene rings is 1. The first-order valence-corrected chi connectivity index (χ1v) is 11.2. The first kappa shape index (κ1) is 20.9. The van der Waals surface area contributed by atoms with Gasteiger partial charge in [-0.2, -0.15) is 0 Å². The van der Waals surface area contributed by atoms with E-state index in [-0.39, 0.29) is 17.7 Å². The van der Waals surface area contributed by atoms with E-state index in [1.165, 1.54) is 0 Å². The first-order chi connectivity index (χ1) is 15.6. The standard InChI is InChI=1S/C24H28N4O4/c29-22(18-7-11-31-15-18)24(8-10-26-16-24)32-21-5-3-20(4-6-21)27-23(30)28-13-19(14-28)17-2-1-9-25-12-17/h1-6,9,12,18-19,26H,7-8,10-11,13-16H2,(H,27,30)/t18?,24-/m1/s1. The molecule has 3 fully saturated rings. The van der Waals surface area contributed by atoms with Crippen LogP contribution in [0.15, 0.2) is 48.8 Å². The molecule has 2 N–H and O–H groups in total. The van der Waals surface area contributed by atoms with E-state index in [4.69, 9.17) is 9.47 Å². The fourth-order valence-electron chi connectivity index (χ4n) is 4.64. The van der Waals surface area contributed by atoms with Crippen LogP contribution in [-0.4, -0.2) is 66.7 Å². The third kappa shape index (κ3) is 4.20. The molecule has 168 valence electrons. The van der Waals surface area contributed by atoms with Crippen LogP contribution in [0.5, 0.6) is 5.75 Å². The quantitative estimate of drug-likeness (QED) is 0.723. The largest absolute Gasteiger partial charge is 0.478 e. The molecule has 0 saturated carbocycles. The highest BCUT2D eigenvalue weighted by Gasteiger charge is 2.47. The van der Waals surface area contributed by atoms with Gasteiger partial charge >= 0.3 is 6.03 Å². The first-order valence-electron chi connectivity index (χ1n) is 11.2. The Morgan fingerprint density at radius 2 is 2.06 bits per heavy atom. The molecule has 1 aromatic carbocycles. The molecule has 3 aliphatic rings. The van der Waals surface area contributed by atoms with Crippen LogP contribution in [-0.2, 0) is 9.53 Å². The van der Waals surface area contributed by atoms with Gasteiger partial charge < -0.3 is 25.0 Å². The number of nitrogens with one attached hydrogen (secondary N) is 2. The lowest BCUT2D eigenvalue weighted by Crippen LogP contribution is -2.50. The van der Waals surface area contributed by atoms with E-state index in [1.54, 1.807) is 11.1 Å². The van der Waals surface area contributed by atoms with Crippen LogP contribution in [0.1, 0.15) is 24.3 Å². The summed E-state index contributed by atoms with van der Waals surface area (Å²) < 4.78 is 11.6. The zero-order valence-electron chi connectivity index (χ0n) is 18.0. The summed E-state index contributed by atoms with van der Waals surface area (Å²) in [7, 11) is 0. The van der Waals surface area contributed by atoms with Gasteiger partial charge in [-0.05, 0) is 48.9 Å². The number of ketones is 1. The Morgan fingerprint density at radius 1 is 1.22 bits per heavy atom. The zero-order chi connectivity index (χ0) is 22.0. The Bertz CT molecular complexity index is 948.